The number of phenolic OH excluding ortho intramolecular Hbond substituents is 1. The van der Waals surface area contributed by atoms with Gasteiger partial charge in [0.15, 0.2) is 0 Å². The fourth-order valence-corrected chi connectivity index (χ4v) is 3.48. The van der Waals surface area contributed by atoms with Crippen molar-refractivity contribution in [2.45, 2.75) is 6.92 Å². The van der Waals surface area contributed by atoms with Crippen LogP contribution in [0.15, 0.2) is 37.6 Å². The summed E-state index contributed by atoms with van der Waals surface area (Å²) in [7, 11) is 0. The molecular weight excluding hydrogens is 408 g/mol. The number of benzene rings is 1. The number of aromatic hydroxyl groups is 1. The van der Waals surface area contributed by atoms with Gasteiger partial charge in [-0.25, -0.2) is 5.43 Å². The summed E-state index contributed by atoms with van der Waals surface area (Å²) in [5.74, 6) is -0.594. The van der Waals surface area contributed by atoms with Crippen LogP contribution in [0.25, 0.3) is 0 Å². The molecule has 0 atom stereocenters. The molecule has 0 fully saturated rings. The molecule has 0 bridgehead atoms. The molecule has 0 aliphatic carbocycles. The number of nitrogens with zero attached hydrogens (tertiary/aromatic N) is 1. The summed E-state index contributed by atoms with van der Waals surface area (Å²) in [6, 6.07) is 5.16. The highest BCUT2D eigenvalue weighted by Crippen LogP contribution is 2.31. The zero-order valence-corrected chi connectivity index (χ0v) is 14.3. The zero-order chi connectivity index (χ0) is 14.7. The van der Waals surface area contributed by atoms with Crippen LogP contribution in [0, 0.1) is 6.92 Å². The third-order valence-electron chi connectivity index (χ3n) is 2.52. The Morgan fingerprint density at radius 1 is 1.45 bits per heavy atom. The zero-order valence-electron chi connectivity index (χ0n) is 10.4. The number of hydrogen-bond donors (Lipinski definition) is 2. The molecule has 0 saturated carbocycles. The maximum absolute atomic E-state index is 12.0. The first kappa shape index (κ1) is 15.2. The van der Waals surface area contributed by atoms with Gasteiger partial charge in [0.1, 0.15) is 5.75 Å². The van der Waals surface area contributed by atoms with Crippen LogP contribution in [0.4, 0.5) is 0 Å². The first-order valence-corrected chi connectivity index (χ1v) is 8.01. The minimum atomic E-state index is -0.477. The molecule has 104 valence electrons. The standard InChI is InChI=1S/C13H10Br2N2O2S/c1-7-2-3-20-11(7)6-16-17-13(19)9-4-8(14)5-10(15)12(9)18/h2-6,18H,1H3,(H,17,19)/b16-6-. The summed E-state index contributed by atoms with van der Waals surface area (Å²) < 4.78 is 1.13. The normalized spacial score (nSPS) is 10.9. The Hall–Kier alpha value is -1.18. The van der Waals surface area contributed by atoms with Crippen molar-refractivity contribution in [3.05, 3.63) is 48.5 Å². The van der Waals surface area contributed by atoms with Crippen molar-refractivity contribution in [3.8, 4) is 5.75 Å². The lowest BCUT2D eigenvalue weighted by molar-refractivity contribution is 0.0952. The van der Waals surface area contributed by atoms with E-state index in [0.29, 0.717) is 8.95 Å². The molecule has 2 N–H and O–H groups in total. The number of aryl methyl sites for hydroxylation is 1. The van der Waals surface area contributed by atoms with Crippen LogP contribution >= 0.6 is 43.2 Å². The number of hydrazone groups is 1. The number of thiophene rings is 1. The molecule has 1 aromatic carbocycles. The van der Waals surface area contributed by atoms with E-state index < -0.39 is 5.91 Å². The number of phenols is 1. The highest BCUT2D eigenvalue weighted by Gasteiger charge is 2.14. The average Bonchev–Trinajstić information content (AvgIpc) is 2.79. The van der Waals surface area contributed by atoms with Gasteiger partial charge in [-0.05, 0) is 52.0 Å². The van der Waals surface area contributed by atoms with Crippen molar-refractivity contribution in [1.29, 1.82) is 0 Å². The predicted octanol–water partition coefficient (Wildman–Crippen LogP) is 4.05. The Morgan fingerprint density at radius 3 is 2.85 bits per heavy atom. The maximum Gasteiger partial charge on any atom is 0.275 e. The van der Waals surface area contributed by atoms with Gasteiger partial charge in [0.05, 0.1) is 16.3 Å². The number of carbonyl (C=O) groups excluding carboxylic acids is 1. The van der Waals surface area contributed by atoms with E-state index in [1.165, 1.54) is 6.07 Å². The van der Waals surface area contributed by atoms with Crippen molar-refractivity contribution in [2.75, 3.05) is 0 Å². The van der Waals surface area contributed by atoms with Crippen molar-refractivity contribution in [3.63, 3.8) is 0 Å². The molecule has 1 amide bonds. The van der Waals surface area contributed by atoms with E-state index in [-0.39, 0.29) is 11.3 Å². The minimum absolute atomic E-state index is 0.117. The van der Waals surface area contributed by atoms with Gasteiger partial charge < -0.3 is 5.11 Å². The lowest BCUT2D eigenvalue weighted by atomic mass is 10.2. The molecule has 0 aliphatic heterocycles. The highest BCUT2D eigenvalue weighted by atomic mass is 79.9. The van der Waals surface area contributed by atoms with E-state index in [1.807, 2.05) is 18.4 Å². The van der Waals surface area contributed by atoms with Crippen LogP contribution in [0.2, 0.25) is 0 Å². The van der Waals surface area contributed by atoms with Crippen LogP contribution in [-0.4, -0.2) is 17.2 Å². The van der Waals surface area contributed by atoms with Crippen LogP contribution in [0.5, 0.6) is 5.75 Å². The Kier molecular flexibility index (Phi) is 4.95. The molecule has 0 aliphatic rings. The summed E-state index contributed by atoms with van der Waals surface area (Å²) in [5.41, 5.74) is 3.64. The molecule has 0 unspecified atom stereocenters. The summed E-state index contributed by atoms with van der Waals surface area (Å²) >= 11 is 7.98. The third-order valence-corrected chi connectivity index (χ3v) is 4.54. The van der Waals surface area contributed by atoms with Gasteiger partial charge in [-0.1, -0.05) is 15.9 Å². The number of halogens is 2. The lowest BCUT2D eigenvalue weighted by Gasteiger charge is -2.05. The van der Waals surface area contributed by atoms with Gasteiger partial charge in [-0.15, -0.1) is 11.3 Å². The average molecular weight is 418 g/mol. The summed E-state index contributed by atoms with van der Waals surface area (Å²) in [6.45, 7) is 1.97. The Bertz CT molecular complexity index is 683. The molecule has 7 heteroatoms. The fourth-order valence-electron chi connectivity index (χ4n) is 1.47. The molecule has 0 radical (unpaired) electrons. The first-order valence-electron chi connectivity index (χ1n) is 5.54. The summed E-state index contributed by atoms with van der Waals surface area (Å²) in [4.78, 5) is 12.9. The maximum atomic E-state index is 12.0. The lowest BCUT2D eigenvalue weighted by Crippen LogP contribution is -2.17. The second-order valence-corrected chi connectivity index (χ2v) is 6.67. The molecule has 2 aromatic rings. The SMILES string of the molecule is Cc1ccsc1/C=N\NC(=O)c1cc(Br)cc(Br)c1O. The summed E-state index contributed by atoms with van der Waals surface area (Å²) in [6.07, 6.45) is 1.59. The molecule has 20 heavy (non-hydrogen) atoms. The molecule has 2 rings (SSSR count). The molecule has 4 nitrogen and oxygen atoms in total. The van der Waals surface area contributed by atoms with Crippen molar-refractivity contribution < 1.29 is 9.90 Å². The van der Waals surface area contributed by atoms with Gasteiger partial charge in [0.25, 0.3) is 5.91 Å². The Balaban J connectivity index is 2.13. The van der Waals surface area contributed by atoms with Gasteiger partial charge in [-0.3, -0.25) is 4.79 Å². The van der Waals surface area contributed by atoms with Gasteiger partial charge in [0, 0.05) is 9.35 Å². The smallest absolute Gasteiger partial charge is 0.275 e. The van der Waals surface area contributed by atoms with Gasteiger partial charge >= 0.3 is 0 Å². The minimum Gasteiger partial charge on any atom is -0.506 e. The Labute approximate surface area is 136 Å². The van der Waals surface area contributed by atoms with Crippen molar-refractivity contribution in [2.24, 2.45) is 5.10 Å². The molecule has 1 aromatic heterocycles. The van der Waals surface area contributed by atoms with E-state index in [4.69, 9.17) is 0 Å². The number of carbonyl (C=O) groups is 1. The molecular formula is C13H10Br2N2O2S. The fraction of sp³-hybridized carbons (Fsp3) is 0.0769. The third kappa shape index (κ3) is 3.47. The first-order chi connectivity index (χ1) is 9.49. The number of nitrogens with one attached hydrogen (secondary N) is 1. The van der Waals surface area contributed by atoms with E-state index in [1.54, 1.807) is 23.6 Å². The number of rotatable bonds is 3. The van der Waals surface area contributed by atoms with Crippen molar-refractivity contribution in [1.82, 2.24) is 5.43 Å². The Morgan fingerprint density at radius 2 is 2.20 bits per heavy atom. The van der Waals surface area contributed by atoms with E-state index in [0.717, 1.165) is 10.4 Å². The topological polar surface area (TPSA) is 61.7 Å². The van der Waals surface area contributed by atoms with E-state index in [9.17, 15) is 9.90 Å². The summed E-state index contributed by atoms with van der Waals surface area (Å²) in [5, 5.41) is 15.7. The molecule has 0 saturated heterocycles. The monoisotopic (exact) mass is 416 g/mol. The van der Waals surface area contributed by atoms with Crippen LogP contribution < -0.4 is 5.43 Å². The van der Waals surface area contributed by atoms with Crippen LogP contribution in [0.1, 0.15) is 20.8 Å². The number of hydrogen-bond acceptors (Lipinski definition) is 4. The van der Waals surface area contributed by atoms with Gasteiger partial charge in [0.2, 0.25) is 0 Å². The predicted molar refractivity (Wildman–Crippen MR) is 87.6 cm³/mol. The van der Waals surface area contributed by atoms with Crippen LogP contribution in [-0.2, 0) is 0 Å². The molecule has 0 spiro atoms. The highest BCUT2D eigenvalue weighted by molar-refractivity contribution is 9.11. The second kappa shape index (κ2) is 6.51. The number of amides is 1. The molecule has 1 heterocycles. The quantitative estimate of drug-likeness (QED) is 0.584. The largest absolute Gasteiger partial charge is 0.506 e. The van der Waals surface area contributed by atoms with Crippen molar-refractivity contribution >= 4 is 55.3 Å². The van der Waals surface area contributed by atoms with Crippen LogP contribution in [0.3, 0.4) is 0 Å². The van der Waals surface area contributed by atoms with Gasteiger partial charge in [-0.2, -0.15) is 5.10 Å². The van der Waals surface area contributed by atoms with E-state index in [2.05, 4.69) is 42.4 Å². The van der Waals surface area contributed by atoms with E-state index >= 15 is 0 Å². The second-order valence-electron chi connectivity index (χ2n) is 3.95.